The molecule has 1 aliphatic rings. The topological polar surface area (TPSA) is 79.9 Å². The Balaban J connectivity index is 1.97. The summed E-state index contributed by atoms with van der Waals surface area (Å²) in [7, 11) is 3.28. The van der Waals surface area contributed by atoms with Gasteiger partial charge >= 0.3 is 0 Å². The first-order valence-electron chi connectivity index (χ1n) is 9.08. The highest BCUT2D eigenvalue weighted by molar-refractivity contribution is 5.85. The first kappa shape index (κ1) is 20.0. The van der Waals surface area contributed by atoms with Crippen LogP contribution >= 0.6 is 0 Å². The van der Waals surface area contributed by atoms with Gasteiger partial charge in [0.25, 0.3) is 0 Å². The van der Waals surface area contributed by atoms with Gasteiger partial charge in [0.15, 0.2) is 0 Å². The molecule has 1 aromatic rings. The number of benzene rings is 1. The van der Waals surface area contributed by atoms with Gasteiger partial charge < -0.3 is 20.1 Å². The van der Waals surface area contributed by atoms with E-state index in [1.54, 1.807) is 14.2 Å². The lowest BCUT2D eigenvalue weighted by Gasteiger charge is -2.26. The van der Waals surface area contributed by atoms with Crippen LogP contribution < -0.4 is 20.1 Å². The van der Waals surface area contributed by atoms with Crippen molar-refractivity contribution in [2.24, 2.45) is 0 Å². The van der Waals surface area contributed by atoms with Gasteiger partial charge in [0.05, 0.1) is 27.3 Å². The van der Waals surface area contributed by atoms with Crippen LogP contribution in [0.3, 0.4) is 0 Å². The maximum Gasteiger partial charge on any atom is 0.239 e. The first-order chi connectivity index (χ1) is 12.6. The molecule has 2 N–H and O–H groups in total. The largest absolute Gasteiger partial charge is 0.497 e. The molecule has 26 heavy (non-hydrogen) atoms. The number of hydrogen-bond acceptors (Lipinski definition) is 5. The van der Waals surface area contributed by atoms with Crippen molar-refractivity contribution in [2.45, 2.75) is 32.2 Å². The normalized spacial score (nSPS) is 17.0. The molecule has 1 heterocycles. The molecule has 0 bridgehead atoms. The average Bonchev–Trinajstić information content (AvgIpc) is 3.11. The van der Waals surface area contributed by atoms with Gasteiger partial charge in [-0.1, -0.05) is 6.92 Å². The van der Waals surface area contributed by atoms with Gasteiger partial charge in [-0.05, 0) is 44.0 Å². The van der Waals surface area contributed by atoms with Crippen LogP contribution in [0.1, 0.15) is 37.8 Å². The Morgan fingerprint density at radius 3 is 2.69 bits per heavy atom. The average molecular weight is 363 g/mol. The highest BCUT2D eigenvalue weighted by atomic mass is 16.5. The van der Waals surface area contributed by atoms with E-state index >= 15 is 0 Å². The lowest BCUT2D eigenvalue weighted by Crippen LogP contribution is -2.42. The second-order valence-electron chi connectivity index (χ2n) is 6.36. The fourth-order valence-corrected chi connectivity index (χ4v) is 3.21. The summed E-state index contributed by atoms with van der Waals surface area (Å²) in [5.74, 6) is 1.25. The Morgan fingerprint density at radius 1 is 1.19 bits per heavy atom. The number of carbonyl (C=O) groups excluding carboxylic acids is 2. The van der Waals surface area contributed by atoms with Crippen LogP contribution in [-0.2, 0) is 9.59 Å². The van der Waals surface area contributed by atoms with Gasteiger partial charge in [0.2, 0.25) is 11.8 Å². The molecule has 0 radical (unpaired) electrons. The number of rotatable bonds is 9. The molecule has 0 aliphatic carbocycles. The molecule has 7 nitrogen and oxygen atoms in total. The SMILES string of the molecule is CCCNC(=O)CNC(=O)CN1CCC[C@H]1c1cc(OC)ccc1OC. The van der Waals surface area contributed by atoms with E-state index in [9.17, 15) is 9.59 Å². The number of likely N-dealkylation sites (tertiary alicyclic amines) is 1. The molecular weight excluding hydrogens is 334 g/mol. The fraction of sp³-hybridized carbons (Fsp3) is 0.579. The van der Waals surface area contributed by atoms with Gasteiger partial charge in [-0.3, -0.25) is 14.5 Å². The zero-order valence-corrected chi connectivity index (χ0v) is 15.8. The van der Waals surface area contributed by atoms with Gasteiger partial charge in [-0.15, -0.1) is 0 Å². The van der Waals surface area contributed by atoms with Crippen LogP contribution in [0, 0.1) is 0 Å². The van der Waals surface area contributed by atoms with Crippen LogP contribution in [0.5, 0.6) is 11.5 Å². The van der Waals surface area contributed by atoms with E-state index in [4.69, 9.17) is 9.47 Å². The second-order valence-corrected chi connectivity index (χ2v) is 6.36. The van der Waals surface area contributed by atoms with Crippen LogP contribution in [0.25, 0.3) is 0 Å². The minimum atomic E-state index is -0.160. The Bertz CT molecular complexity index is 621. The minimum absolute atomic E-state index is 0.0137. The number of hydrogen-bond donors (Lipinski definition) is 2. The maximum atomic E-state index is 12.2. The van der Waals surface area contributed by atoms with Crippen molar-refractivity contribution in [3.63, 3.8) is 0 Å². The van der Waals surface area contributed by atoms with Crippen molar-refractivity contribution in [1.82, 2.24) is 15.5 Å². The summed E-state index contributed by atoms with van der Waals surface area (Å²) in [4.78, 5) is 26.0. The molecule has 7 heteroatoms. The summed E-state index contributed by atoms with van der Waals surface area (Å²) >= 11 is 0. The third kappa shape index (κ3) is 5.36. The molecule has 0 saturated carbocycles. The van der Waals surface area contributed by atoms with Crippen molar-refractivity contribution < 1.29 is 19.1 Å². The second kappa shape index (κ2) is 10.0. The van der Waals surface area contributed by atoms with Crippen molar-refractivity contribution in [3.05, 3.63) is 23.8 Å². The van der Waals surface area contributed by atoms with Crippen LogP contribution in [0.15, 0.2) is 18.2 Å². The van der Waals surface area contributed by atoms with Crippen molar-refractivity contribution in [2.75, 3.05) is 40.4 Å². The van der Waals surface area contributed by atoms with Gasteiger partial charge in [-0.2, -0.15) is 0 Å². The van der Waals surface area contributed by atoms with Crippen LogP contribution in [0.2, 0.25) is 0 Å². The number of methoxy groups -OCH3 is 2. The highest BCUT2D eigenvalue weighted by Crippen LogP contribution is 2.38. The zero-order valence-electron chi connectivity index (χ0n) is 15.8. The Labute approximate surface area is 155 Å². The zero-order chi connectivity index (χ0) is 18.9. The smallest absolute Gasteiger partial charge is 0.239 e. The highest BCUT2D eigenvalue weighted by Gasteiger charge is 2.30. The van der Waals surface area contributed by atoms with Gasteiger partial charge in [-0.25, -0.2) is 0 Å². The maximum absolute atomic E-state index is 12.2. The number of nitrogens with zero attached hydrogens (tertiary/aromatic N) is 1. The van der Waals surface area contributed by atoms with E-state index in [0.717, 1.165) is 42.9 Å². The van der Waals surface area contributed by atoms with Gasteiger partial charge in [0.1, 0.15) is 11.5 Å². The minimum Gasteiger partial charge on any atom is -0.497 e. The summed E-state index contributed by atoms with van der Waals surface area (Å²) in [6, 6.07) is 5.82. The van der Waals surface area contributed by atoms with E-state index in [2.05, 4.69) is 15.5 Å². The molecule has 2 rings (SSSR count). The predicted octanol–water partition coefficient (Wildman–Crippen LogP) is 1.48. The molecule has 1 atom stereocenters. The van der Waals surface area contributed by atoms with Crippen LogP contribution in [0.4, 0.5) is 0 Å². The quantitative estimate of drug-likeness (QED) is 0.695. The van der Waals surface area contributed by atoms with Crippen molar-refractivity contribution >= 4 is 11.8 Å². The third-order valence-electron chi connectivity index (χ3n) is 4.52. The molecule has 2 amide bonds. The van der Waals surface area contributed by atoms with E-state index in [0.29, 0.717) is 6.54 Å². The molecule has 1 aliphatic heterocycles. The Hall–Kier alpha value is -2.28. The molecule has 0 unspecified atom stereocenters. The molecule has 0 aromatic heterocycles. The van der Waals surface area contributed by atoms with E-state index in [-0.39, 0.29) is 30.9 Å². The molecule has 0 spiro atoms. The molecular formula is C19H29N3O4. The molecule has 1 saturated heterocycles. The first-order valence-corrected chi connectivity index (χ1v) is 9.08. The number of nitrogens with one attached hydrogen (secondary N) is 2. The third-order valence-corrected chi connectivity index (χ3v) is 4.52. The van der Waals surface area contributed by atoms with E-state index < -0.39 is 0 Å². The lowest BCUT2D eigenvalue weighted by atomic mass is 10.0. The monoisotopic (exact) mass is 363 g/mol. The van der Waals surface area contributed by atoms with Gasteiger partial charge in [0, 0.05) is 18.2 Å². The fourth-order valence-electron chi connectivity index (χ4n) is 3.21. The predicted molar refractivity (Wildman–Crippen MR) is 99.4 cm³/mol. The number of ether oxygens (including phenoxy) is 2. The summed E-state index contributed by atoms with van der Waals surface area (Å²) in [6.07, 6.45) is 2.83. The lowest BCUT2D eigenvalue weighted by molar-refractivity contribution is -0.126. The molecule has 1 fully saturated rings. The standard InChI is InChI=1S/C19H29N3O4/c1-4-9-20-18(23)12-21-19(24)13-22-10-5-6-16(22)15-11-14(25-2)7-8-17(15)26-3/h7-8,11,16H,4-6,9-10,12-13H2,1-3H3,(H,20,23)(H,21,24)/t16-/m0/s1. The number of carbonyl (C=O) groups is 2. The molecule has 144 valence electrons. The Kier molecular flexibility index (Phi) is 7.72. The number of amides is 2. The van der Waals surface area contributed by atoms with E-state index in [1.807, 2.05) is 25.1 Å². The van der Waals surface area contributed by atoms with Crippen molar-refractivity contribution in [1.29, 1.82) is 0 Å². The molecule has 1 aromatic carbocycles. The van der Waals surface area contributed by atoms with Crippen molar-refractivity contribution in [3.8, 4) is 11.5 Å². The summed E-state index contributed by atoms with van der Waals surface area (Å²) in [5.41, 5.74) is 1.03. The summed E-state index contributed by atoms with van der Waals surface area (Å²) < 4.78 is 10.8. The Morgan fingerprint density at radius 2 is 2.00 bits per heavy atom. The summed E-state index contributed by atoms with van der Waals surface area (Å²) in [5, 5.41) is 5.44. The summed E-state index contributed by atoms with van der Waals surface area (Å²) in [6.45, 7) is 3.71. The van der Waals surface area contributed by atoms with Crippen LogP contribution in [-0.4, -0.2) is 57.1 Å². The van der Waals surface area contributed by atoms with E-state index in [1.165, 1.54) is 0 Å².